The average molecular weight is 271 g/mol. The van der Waals surface area contributed by atoms with Gasteiger partial charge in [-0.05, 0) is 37.6 Å². The maximum Gasteiger partial charge on any atom is 0.0705 e. The summed E-state index contributed by atoms with van der Waals surface area (Å²) in [5.41, 5.74) is 8.45. The van der Waals surface area contributed by atoms with Crippen LogP contribution in [0.4, 0.5) is 0 Å². The molecule has 1 aromatic heterocycles. The summed E-state index contributed by atoms with van der Waals surface area (Å²) in [6.45, 7) is 9.26. The Kier molecular flexibility index (Phi) is 4.73. The lowest BCUT2D eigenvalue weighted by Crippen LogP contribution is -2.50. The van der Waals surface area contributed by atoms with Gasteiger partial charge in [0.1, 0.15) is 0 Å². The van der Waals surface area contributed by atoms with Crippen molar-refractivity contribution in [1.29, 1.82) is 0 Å². The zero-order chi connectivity index (χ0) is 14.6. The Hall–Kier alpha value is -1.45. The summed E-state index contributed by atoms with van der Waals surface area (Å²) in [6.07, 6.45) is 2.96. The minimum Gasteiger partial charge on any atom is -0.329 e. The third-order valence-corrected chi connectivity index (χ3v) is 4.45. The van der Waals surface area contributed by atoms with Gasteiger partial charge in [-0.3, -0.25) is 9.88 Å². The zero-order valence-corrected chi connectivity index (χ0v) is 12.8. The molecule has 2 aromatic rings. The molecule has 0 saturated heterocycles. The van der Waals surface area contributed by atoms with E-state index in [1.807, 2.05) is 12.3 Å². The fourth-order valence-electron chi connectivity index (χ4n) is 2.68. The van der Waals surface area contributed by atoms with Gasteiger partial charge in [0, 0.05) is 30.2 Å². The van der Waals surface area contributed by atoms with Gasteiger partial charge in [-0.2, -0.15) is 0 Å². The molecule has 20 heavy (non-hydrogen) atoms. The van der Waals surface area contributed by atoms with E-state index < -0.39 is 0 Å². The van der Waals surface area contributed by atoms with Gasteiger partial charge < -0.3 is 5.73 Å². The fraction of sp³-hybridized carbons (Fsp3) is 0.471. The number of fused-ring (bicyclic) bond motifs is 1. The van der Waals surface area contributed by atoms with E-state index in [0.29, 0.717) is 6.54 Å². The predicted octanol–water partition coefficient (Wildman–Crippen LogP) is 3.18. The number of hydrogen-bond donors (Lipinski definition) is 1. The van der Waals surface area contributed by atoms with Crippen molar-refractivity contribution in [2.75, 3.05) is 13.1 Å². The van der Waals surface area contributed by atoms with E-state index in [1.165, 1.54) is 10.9 Å². The van der Waals surface area contributed by atoms with Gasteiger partial charge in [0.05, 0.1) is 5.52 Å². The van der Waals surface area contributed by atoms with Crippen LogP contribution in [0, 0.1) is 0 Å². The molecule has 1 aromatic carbocycles. The molecule has 0 aliphatic rings. The largest absolute Gasteiger partial charge is 0.329 e. The highest BCUT2D eigenvalue weighted by molar-refractivity contribution is 5.81. The van der Waals surface area contributed by atoms with Crippen molar-refractivity contribution in [1.82, 2.24) is 9.88 Å². The standard InChI is InChI=1S/C17H25N3/c1-4-17(3,13-18)20(5-2)12-14-10-11-19-16-9-7-6-8-15(14)16/h6-11H,4-5,12-13,18H2,1-3H3. The minimum atomic E-state index is 0.0547. The number of aromatic nitrogens is 1. The topological polar surface area (TPSA) is 42.2 Å². The lowest BCUT2D eigenvalue weighted by atomic mass is 9.95. The van der Waals surface area contributed by atoms with Gasteiger partial charge in [-0.15, -0.1) is 0 Å². The molecular formula is C17H25N3. The SMILES string of the molecule is CCN(Cc1ccnc2ccccc12)C(C)(CC)CN. The van der Waals surface area contributed by atoms with Crippen molar-refractivity contribution in [3.05, 3.63) is 42.1 Å². The molecule has 0 saturated carbocycles. The summed E-state index contributed by atoms with van der Waals surface area (Å²) >= 11 is 0. The highest BCUT2D eigenvalue weighted by Gasteiger charge is 2.27. The first kappa shape index (κ1) is 14.9. The number of para-hydroxylation sites is 1. The van der Waals surface area contributed by atoms with Crippen molar-refractivity contribution < 1.29 is 0 Å². The third-order valence-electron chi connectivity index (χ3n) is 4.45. The molecule has 0 fully saturated rings. The van der Waals surface area contributed by atoms with Crippen LogP contribution >= 0.6 is 0 Å². The van der Waals surface area contributed by atoms with Crippen LogP contribution in [-0.2, 0) is 6.54 Å². The molecule has 1 unspecified atom stereocenters. The second kappa shape index (κ2) is 6.33. The first-order valence-corrected chi connectivity index (χ1v) is 7.42. The molecule has 0 bridgehead atoms. The Morgan fingerprint density at radius 1 is 1.20 bits per heavy atom. The highest BCUT2D eigenvalue weighted by atomic mass is 15.2. The number of hydrogen-bond acceptors (Lipinski definition) is 3. The van der Waals surface area contributed by atoms with E-state index in [2.05, 4.69) is 54.9 Å². The van der Waals surface area contributed by atoms with Gasteiger partial charge in [-0.1, -0.05) is 32.0 Å². The number of rotatable bonds is 6. The van der Waals surface area contributed by atoms with Crippen molar-refractivity contribution in [2.24, 2.45) is 5.73 Å². The van der Waals surface area contributed by atoms with Gasteiger partial charge in [-0.25, -0.2) is 0 Å². The molecular weight excluding hydrogens is 246 g/mol. The molecule has 2 rings (SSSR count). The van der Waals surface area contributed by atoms with Crippen molar-refractivity contribution in [3.8, 4) is 0 Å². The number of nitrogens with two attached hydrogens (primary N) is 1. The van der Waals surface area contributed by atoms with E-state index in [-0.39, 0.29) is 5.54 Å². The van der Waals surface area contributed by atoms with Gasteiger partial charge in [0.25, 0.3) is 0 Å². The predicted molar refractivity (Wildman–Crippen MR) is 85.6 cm³/mol. The van der Waals surface area contributed by atoms with E-state index in [1.54, 1.807) is 0 Å². The summed E-state index contributed by atoms with van der Waals surface area (Å²) < 4.78 is 0. The quantitative estimate of drug-likeness (QED) is 0.877. The Labute approximate surface area is 121 Å². The average Bonchev–Trinajstić information content (AvgIpc) is 2.52. The number of benzene rings is 1. The lowest BCUT2D eigenvalue weighted by molar-refractivity contribution is 0.105. The van der Waals surface area contributed by atoms with Crippen LogP contribution in [-0.4, -0.2) is 28.5 Å². The van der Waals surface area contributed by atoms with Gasteiger partial charge in [0.15, 0.2) is 0 Å². The highest BCUT2D eigenvalue weighted by Crippen LogP contribution is 2.24. The van der Waals surface area contributed by atoms with E-state index in [9.17, 15) is 0 Å². The smallest absolute Gasteiger partial charge is 0.0705 e. The molecule has 0 aliphatic heterocycles. The fourth-order valence-corrected chi connectivity index (χ4v) is 2.68. The third kappa shape index (κ3) is 2.84. The molecule has 2 N–H and O–H groups in total. The molecule has 0 radical (unpaired) electrons. The van der Waals surface area contributed by atoms with Gasteiger partial charge in [0.2, 0.25) is 0 Å². The first-order valence-electron chi connectivity index (χ1n) is 7.42. The Bertz CT molecular complexity index is 556. The van der Waals surface area contributed by atoms with Crippen LogP contribution in [0.15, 0.2) is 36.5 Å². The number of pyridine rings is 1. The summed E-state index contributed by atoms with van der Waals surface area (Å²) in [4.78, 5) is 6.90. The Balaban J connectivity index is 2.35. The molecule has 0 amide bonds. The van der Waals surface area contributed by atoms with Gasteiger partial charge >= 0.3 is 0 Å². The number of nitrogens with zero attached hydrogens (tertiary/aromatic N) is 2. The Morgan fingerprint density at radius 2 is 1.95 bits per heavy atom. The normalized spacial score (nSPS) is 14.7. The van der Waals surface area contributed by atoms with Crippen LogP contribution in [0.1, 0.15) is 32.8 Å². The second-order valence-electron chi connectivity index (χ2n) is 5.56. The van der Waals surface area contributed by atoms with Crippen molar-refractivity contribution in [2.45, 2.75) is 39.3 Å². The maximum absolute atomic E-state index is 6.01. The molecule has 0 aliphatic carbocycles. The van der Waals surface area contributed by atoms with Crippen molar-refractivity contribution >= 4 is 10.9 Å². The summed E-state index contributed by atoms with van der Waals surface area (Å²) in [5.74, 6) is 0. The van der Waals surface area contributed by atoms with E-state index in [0.717, 1.165) is 25.0 Å². The monoisotopic (exact) mass is 271 g/mol. The molecule has 0 spiro atoms. The molecule has 1 atom stereocenters. The minimum absolute atomic E-state index is 0.0547. The van der Waals surface area contributed by atoms with Crippen LogP contribution in [0.2, 0.25) is 0 Å². The van der Waals surface area contributed by atoms with E-state index >= 15 is 0 Å². The lowest BCUT2D eigenvalue weighted by Gasteiger charge is -2.39. The second-order valence-corrected chi connectivity index (χ2v) is 5.56. The first-order chi connectivity index (χ1) is 9.64. The molecule has 108 valence electrons. The molecule has 3 nitrogen and oxygen atoms in total. The Morgan fingerprint density at radius 3 is 2.60 bits per heavy atom. The van der Waals surface area contributed by atoms with Crippen LogP contribution in [0.3, 0.4) is 0 Å². The van der Waals surface area contributed by atoms with Crippen LogP contribution in [0.25, 0.3) is 10.9 Å². The summed E-state index contributed by atoms with van der Waals surface area (Å²) in [6, 6.07) is 10.4. The molecule has 3 heteroatoms. The zero-order valence-electron chi connectivity index (χ0n) is 12.8. The van der Waals surface area contributed by atoms with Crippen LogP contribution in [0.5, 0.6) is 0 Å². The van der Waals surface area contributed by atoms with Crippen LogP contribution < -0.4 is 5.73 Å². The van der Waals surface area contributed by atoms with Crippen molar-refractivity contribution in [3.63, 3.8) is 0 Å². The molecule has 1 heterocycles. The maximum atomic E-state index is 6.01. The summed E-state index contributed by atoms with van der Waals surface area (Å²) in [7, 11) is 0. The van der Waals surface area contributed by atoms with E-state index in [4.69, 9.17) is 5.73 Å². The summed E-state index contributed by atoms with van der Waals surface area (Å²) in [5, 5.41) is 1.24. The number of likely N-dealkylation sites (N-methyl/N-ethyl adjacent to an activating group) is 1.